The van der Waals surface area contributed by atoms with Crippen molar-refractivity contribution >= 4 is 11.9 Å². The third kappa shape index (κ3) is 3.09. The molecule has 0 aliphatic heterocycles. The molecule has 82 valence electrons. The van der Waals surface area contributed by atoms with Gasteiger partial charge in [-0.2, -0.15) is 0 Å². The molecular weight excluding hydrogens is 198 g/mol. The molecule has 0 saturated carbocycles. The predicted octanol–water partition coefficient (Wildman–Crippen LogP) is 2.88. The summed E-state index contributed by atoms with van der Waals surface area (Å²) in [5.74, 6) is 0.224. The molecule has 0 unspecified atom stereocenters. The van der Waals surface area contributed by atoms with Crippen molar-refractivity contribution in [3.8, 4) is 0 Å². The molecule has 2 nitrogen and oxygen atoms in total. The van der Waals surface area contributed by atoms with Crippen molar-refractivity contribution in [3.05, 3.63) is 53.9 Å². The third-order valence-corrected chi connectivity index (χ3v) is 2.55. The molecule has 0 heterocycles. The van der Waals surface area contributed by atoms with Crippen LogP contribution in [0.15, 0.2) is 48.3 Å². The van der Waals surface area contributed by atoms with Gasteiger partial charge in [-0.05, 0) is 24.5 Å². The van der Waals surface area contributed by atoms with E-state index in [1.165, 1.54) is 0 Å². The molecule has 1 aliphatic rings. The summed E-state index contributed by atoms with van der Waals surface area (Å²) in [5.41, 5.74) is 2.17. The van der Waals surface area contributed by atoms with E-state index in [0.717, 1.165) is 24.1 Å². The van der Waals surface area contributed by atoms with Gasteiger partial charge in [0.2, 0.25) is 0 Å². The molecule has 0 amide bonds. The second kappa shape index (κ2) is 5.31. The third-order valence-electron chi connectivity index (χ3n) is 2.55. The second-order valence-corrected chi connectivity index (χ2v) is 3.88. The lowest BCUT2D eigenvalue weighted by molar-refractivity contribution is -0.115. The molecule has 0 saturated heterocycles. The quantitative estimate of drug-likeness (QED) is 0.836. The largest absolute Gasteiger partial charge is 0.365 e. The number of carbonyl (C=O) groups excluding carboxylic acids is 1. The summed E-state index contributed by atoms with van der Waals surface area (Å²) in [6.07, 6.45) is 8.20. The van der Waals surface area contributed by atoms with Crippen molar-refractivity contribution in [2.45, 2.75) is 19.3 Å². The molecule has 0 bridgehead atoms. The Labute approximate surface area is 95.7 Å². The van der Waals surface area contributed by atoms with Gasteiger partial charge in [0.15, 0.2) is 5.78 Å². The Morgan fingerprint density at radius 3 is 2.69 bits per heavy atom. The number of rotatable bonds is 3. The van der Waals surface area contributed by atoms with E-state index in [1.54, 1.807) is 6.08 Å². The van der Waals surface area contributed by atoms with Gasteiger partial charge in [-0.3, -0.25) is 4.79 Å². The number of nitrogens with one attached hydrogen (secondary N) is 1. The monoisotopic (exact) mass is 213 g/mol. The van der Waals surface area contributed by atoms with E-state index in [1.807, 2.05) is 42.6 Å². The number of ketones is 1. The van der Waals surface area contributed by atoms with Crippen molar-refractivity contribution in [3.63, 3.8) is 0 Å². The highest BCUT2D eigenvalue weighted by Crippen LogP contribution is 2.12. The first-order chi connectivity index (χ1) is 7.84. The van der Waals surface area contributed by atoms with Crippen LogP contribution in [-0.4, -0.2) is 5.78 Å². The first-order valence-corrected chi connectivity index (χ1v) is 5.56. The Balaban J connectivity index is 1.92. The van der Waals surface area contributed by atoms with Crippen LogP contribution in [0.25, 0.3) is 6.08 Å². The van der Waals surface area contributed by atoms with Gasteiger partial charge in [0.05, 0.1) is 0 Å². The van der Waals surface area contributed by atoms with E-state index >= 15 is 0 Å². The van der Waals surface area contributed by atoms with Crippen molar-refractivity contribution in [1.82, 2.24) is 5.32 Å². The highest BCUT2D eigenvalue weighted by atomic mass is 16.1. The van der Waals surface area contributed by atoms with Gasteiger partial charge in [0.1, 0.15) is 0 Å². The van der Waals surface area contributed by atoms with E-state index in [0.29, 0.717) is 6.42 Å². The highest BCUT2D eigenvalue weighted by Gasteiger charge is 2.07. The molecule has 0 atom stereocenters. The summed E-state index contributed by atoms with van der Waals surface area (Å²) in [4.78, 5) is 11.2. The molecule has 0 aromatic heterocycles. The average Bonchev–Trinajstić information content (AvgIpc) is 2.30. The van der Waals surface area contributed by atoms with Gasteiger partial charge in [0, 0.05) is 24.4 Å². The van der Waals surface area contributed by atoms with Crippen molar-refractivity contribution in [1.29, 1.82) is 0 Å². The molecule has 0 fully saturated rings. The minimum Gasteiger partial charge on any atom is -0.365 e. The number of hydrogen-bond donors (Lipinski definition) is 1. The zero-order valence-corrected chi connectivity index (χ0v) is 9.15. The molecular formula is C14H15NO. The predicted molar refractivity (Wildman–Crippen MR) is 65.6 cm³/mol. The highest BCUT2D eigenvalue weighted by molar-refractivity contribution is 5.91. The number of carbonyl (C=O) groups is 1. The van der Waals surface area contributed by atoms with Crippen LogP contribution in [0.5, 0.6) is 0 Å². The Kier molecular flexibility index (Phi) is 3.54. The van der Waals surface area contributed by atoms with Crippen LogP contribution >= 0.6 is 0 Å². The number of hydrogen-bond acceptors (Lipinski definition) is 2. The fourth-order valence-corrected chi connectivity index (χ4v) is 1.71. The number of allylic oxidation sites excluding steroid dienone is 2. The van der Waals surface area contributed by atoms with E-state index in [-0.39, 0.29) is 5.78 Å². The van der Waals surface area contributed by atoms with Crippen LogP contribution in [-0.2, 0) is 4.79 Å². The Morgan fingerprint density at radius 1 is 1.12 bits per heavy atom. The average molecular weight is 213 g/mol. The first kappa shape index (κ1) is 10.7. The van der Waals surface area contributed by atoms with Crippen LogP contribution in [0, 0.1) is 0 Å². The minimum atomic E-state index is 0.224. The fraction of sp³-hybridized carbons (Fsp3) is 0.214. The van der Waals surface area contributed by atoms with Crippen LogP contribution in [0.2, 0.25) is 0 Å². The van der Waals surface area contributed by atoms with Gasteiger partial charge in [0.25, 0.3) is 0 Å². The van der Waals surface area contributed by atoms with Crippen LogP contribution < -0.4 is 5.32 Å². The van der Waals surface area contributed by atoms with Gasteiger partial charge >= 0.3 is 0 Å². The van der Waals surface area contributed by atoms with E-state index in [2.05, 4.69) is 5.32 Å². The van der Waals surface area contributed by atoms with Gasteiger partial charge < -0.3 is 5.32 Å². The Morgan fingerprint density at radius 2 is 1.94 bits per heavy atom. The van der Waals surface area contributed by atoms with Crippen LogP contribution in [0.1, 0.15) is 24.8 Å². The lowest BCUT2D eigenvalue weighted by Gasteiger charge is -2.11. The van der Waals surface area contributed by atoms with Crippen molar-refractivity contribution in [2.75, 3.05) is 0 Å². The molecule has 1 N–H and O–H groups in total. The maximum Gasteiger partial charge on any atom is 0.157 e. The number of benzene rings is 1. The summed E-state index contributed by atoms with van der Waals surface area (Å²) in [6.45, 7) is 0. The molecule has 16 heavy (non-hydrogen) atoms. The Hall–Kier alpha value is -1.83. The van der Waals surface area contributed by atoms with Gasteiger partial charge in [-0.25, -0.2) is 0 Å². The second-order valence-electron chi connectivity index (χ2n) is 3.88. The molecule has 2 heteroatoms. The van der Waals surface area contributed by atoms with Gasteiger partial charge in [-0.15, -0.1) is 0 Å². The lowest BCUT2D eigenvalue weighted by atomic mass is 10.0. The van der Waals surface area contributed by atoms with E-state index in [9.17, 15) is 4.79 Å². The maximum absolute atomic E-state index is 11.2. The SMILES string of the molecule is O=C1C=C(NC=Cc2ccccc2)CCC1. The normalized spacial score (nSPS) is 16.2. The first-order valence-electron chi connectivity index (χ1n) is 5.56. The zero-order valence-electron chi connectivity index (χ0n) is 9.15. The van der Waals surface area contributed by atoms with Crippen molar-refractivity contribution < 1.29 is 4.79 Å². The fourth-order valence-electron chi connectivity index (χ4n) is 1.71. The standard InChI is InChI=1S/C14H15NO/c16-14-8-4-7-13(11-14)15-10-9-12-5-2-1-3-6-12/h1-3,5-6,9-11,15H,4,7-8H2. The molecule has 1 aromatic rings. The molecule has 1 aliphatic carbocycles. The zero-order chi connectivity index (χ0) is 11.2. The Bertz CT molecular complexity index is 418. The maximum atomic E-state index is 11.2. The topological polar surface area (TPSA) is 29.1 Å². The summed E-state index contributed by atoms with van der Waals surface area (Å²) in [5, 5.41) is 3.16. The summed E-state index contributed by atoms with van der Waals surface area (Å²) in [6, 6.07) is 10.1. The molecule has 2 rings (SSSR count). The van der Waals surface area contributed by atoms with E-state index < -0.39 is 0 Å². The summed E-state index contributed by atoms with van der Waals surface area (Å²) >= 11 is 0. The van der Waals surface area contributed by atoms with Crippen LogP contribution in [0.4, 0.5) is 0 Å². The van der Waals surface area contributed by atoms with E-state index in [4.69, 9.17) is 0 Å². The smallest absolute Gasteiger partial charge is 0.157 e. The van der Waals surface area contributed by atoms with Gasteiger partial charge in [-0.1, -0.05) is 30.3 Å². The lowest BCUT2D eigenvalue weighted by Crippen LogP contribution is -2.12. The molecule has 0 radical (unpaired) electrons. The molecule has 1 aromatic carbocycles. The summed E-state index contributed by atoms with van der Waals surface area (Å²) < 4.78 is 0. The van der Waals surface area contributed by atoms with Crippen LogP contribution in [0.3, 0.4) is 0 Å². The van der Waals surface area contributed by atoms with Crippen molar-refractivity contribution in [2.24, 2.45) is 0 Å². The summed E-state index contributed by atoms with van der Waals surface area (Å²) in [7, 11) is 0. The molecule has 0 spiro atoms. The minimum absolute atomic E-state index is 0.224.